The molecule has 0 saturated carbocycles. The maximum atomic E-state index is 12.5. The molecule has 0 fully saturated rings. The second-order valence-corrected chi connectivity index (χ2v) is 11.0. The van der Waals surface area contributed by atoms with Gasteiger partial charge in [0.2, 0.25) is 0 Å². The molecule has 1 aromatic rings. The lowest BCUT2D eigenvalue weighted by Gasteiger charge is -2.33. The molecule has 12 heteroatoms. The summed E-state index contributed by atoms with van der Waals surface area (Å²) in [4.78, 5) is 24.4. The zero-order valence-electron chi connectivity index (χ0n) is 21.4. The number of rotatable bonds is 13. The normalized spacial score (nSPS) is 15.1. The minimum Gasteiger partial charge on any atom is -0.466 e. The fourth-order valence-corrected chi connectivity index (χ4v) is 3.84. The topological polar surface area (TPSA) is 149 Å². The van der Waals surface area contributed by atoms with Crippen LogP contribution >= 0.6 is 0 Å². The quantitative estimate of drug-likeness (QED) is 0.264. The molecular weight excluding hydrogens is 480 g/mol. The molecule has 0 saturated heterocycles. The first kappa shape index (κ1) is 30.8. The van der Waals surface area contributed by atoms with E-state index in [0.29, 0.717) is 0 Å². The lowest BCUT2D eigenvalue weighted by molar-refractivity contribution is -0.181. The predicted molar refractivity (Wildman–Crippen MR) is 128 cm³/mol. The third kappa shape index (κ3) is 11.8. The molecule has 0 radical (unpaired) electrons. The highest BCUT2D eigenvalue weighted by Gasteiger charge is 2.36. The number of aliphatic hydroxyl groups is 1. The number of amides is 1. The third-order valence-electron chi connectivity index (χ3n) is 4.55. The van der Waals surface area contributed by atoms with Crippen molar-refractivity contribution < 1.29 is 41.5 Å². The van der Waals surface area contributed by atoms with Gasteiger partial charge in [0.1, 0.15) is 6.61 Å². The zero-order valence-corrected chi connectivity index (χ0v) is 22.2. The molecule has 0 bridgehead atoms. The van der Waals surface area contributed by atoms with Gasteiger partial charge in [-0.1, -0.05) is 30.3 Å². The van der Waals surface area contributed by atoms with E-state index in [2.05, 4.69) is 10.0 Å². The summed E-state index contributed by atoms with van der Waals surface area (Å²) in [7, 11) is -4.39. The van der Waals surface area contributed by atoms with E-state index >= 15 is 0 Å². The monoisotopic (exact) mass is 518 g/mol. The van der Waals surface area contributed by atoms with Crippen LogP contribution in [-0.4, -0.2) is 62.8 Å². The van der Waals surface area contributed by atoms with E-state index in [0.717, 1.165) is 5.56 Å². The minimum absolute atomic E-state index is 0.0260. The Kier molecular flexibility index (Phi) is 11.6. The molecular formula is C23H38N2O9S. The van der Waals surface area contributed by atoms with Crippen LogP contribution in [0.2, 0.25) is 0 Å². The Hall–Kier alpha value is -2.25. The summed E-state index contributed by atoms with van der Waals surface area (Å²) in [5, 5.41) is 13.1. The molecule has 1 aromatic carbocycles. The first-order valence-corrected chi connectivity index (χ1v) is 12.6. The number of carbonyl (C=O) groups is 2. The van der Waals surface area contributed by atoms with Crippen LogP contribution in [0.4, 0.5) is 4.79 Å². The summed E-state index contributed by atoms with van der Waals surface area (Å²) in [6, 6.07) is 6.62. The molecule has 1 rings (SSSR count). The summed E-state index contributed by atoms with van der Waals surface area (Å²) >= 11 is 0. The van der Waals surface area contributed by atoms with Gasteiger partial charge < -0.3 is 24.6 Å². The standard InChI is InChI=1S/C23H38N2O9S/c1-8-31-20(27)23(6,7)15-33-35(29,30)25-16(2)18(19(26)34-22(3,4)5)24-21(28)32-14-17-12-10-9-11-13-17/h9-13,16,18-19,25-26H,8,14-15H2,1-7H3,(H,24,28)/t16-,18+,19?/m1/s1. The van der Waals surface area contributed by atoms with Crippen molar-refractivity contribution in [3.05, 3.63) is 35.9 Å². The average Bonchev–Trinajstić information content (AvgIpc) is 2.74. The molecule has 35 heavy (non-hydrogen) atoms. The van der Waals surface area contributed by atoms with Gasteiger partial charge in [-0.2, -0.15) is 13.1 Å². The largest absolute Gasteiger partial charge is 0.466 e. The van der Waals surface area contributed by atoms with Crippen LogP contribution < -0.4 is 10.0 Å². The maximum absolute atomic E-state index is 12.5. The molecule has 0 aromatic heterocycles. The minimum atomic E-state index is -4.39. The first-order chi connectivity index (χ1) is 16.1. The number of carbonyl (C=O) groups excluding carboxylic acids is 2. The molecule has 11 nitrogen and oxygen atoms in total. The van der Waals surface area contributed by atoms with Crippen LogP contribution in [0.1, 0.15) is 54.0 Å². The van der Waals surface area contributed by atoms with E-state index in [1.165, 1.54) is 20.8 Å². The fraction of sp³-hybridized carbons (Fsp3) is 0.652. The van der Waals surface area contributed by atoms with Gasteiger partial charge in [0, 0.05) is 6.04 Å². The Morgan fingerprint density at radius 3 is 2.20 bits per heavy atom. The van der Waals surface area contributed by atoms with E-state index in [4.69, 9.17) is 18.4 Å². The Balaban J connectivity index is 2.88. The SMILES string of the molecule is CCOC(=O)C(C)(C)COS(=O)(=O)N[C@H](C)[C@H](NC(=O)OCc1ccccc1)C(O)OC(C)(C)C. The van der Waals surface area contributed by atoms with Crippen molar-refractivity contribution in [1.82, 2.24) is 10.0 Å². The number of hydrogen-bond donors (Lipinski definition) is 3. The van der Waals surface area contributed by atoms with Crippen molar-refractivity contribution in [1.29, 1.82) is 0 Å². The van der Waals surface area contributed by atoms with Crippen LogP contribution in [-0.2, 0) is 40.1 Å². The van der Waals surface area contributed by atoms with Crippen molar-refractivity contribution >= 4 is 22.4 Å². The van der Waals surface area contributed by atoms with Crippen molar-refractivity contribution in [3.8, 4) is 0 Å². The molecule has 0 heterocycles. The molecule has 0 spiro atoms. The number of alkyl carbamates (subject to hydrolysis) is 1. The van der Waals surface area contributed by atoms with Gasteiger partial charge in [0.15, 0.2) is 6.29 Å². The van der Waals surface area contributed by atoms with Gasteiger partial charge >= 0.3 is 22.4 Å². The summed E-state index contributed by atoms with van der Waals surface area (Å²) in [6.45, 7) is 10.7. The van der Waals surface area contributed by atoms with E-state index in [-0.39, 0.29) is 13.2 Å². The Labute approximate surface area is 207 Å². The second-order valence-electron chi connectivity index (χ2n) is 9.58. The van der Waals surface area contributed by atoms with Crippen LogP contribution in [0, 0.1) is 5.41 Å². The lowest BCUT2D eigenvalue weighted by Crippen LogP contribution is -2.57. The van der Waals surface area contributed by atoms with E-state index in [9.17, 15) is 23.1 Å². The van der Waals surface area contributed by atoms with Gasteiger partial charge in [0.05, 0.1) is 30.3 Å². The third-order valence-corrected chi connectivity index (χ3v) is 5.64. The van der Waals surface area contributed by atoms with Crippen molar-refractivity contribution in [2.24, 2.45) is 5.41 Å². The average molecular weight is 519 g/mol. The molecule has 1 unspecified atom stereocenters. The van der Waals surface area contributed by atoms with Gasteiger partial charge in [-0.15, -0.1) is 0 Å². The number of esters is 1. The number of hydrogen-bond acceptors (Lipinski definition) is 9. The van der Waals surface area contributed by atoms with Crippen LogP contribution in [0.3, 0.4) is 0 Å². The number of nitrogens with one attached hydrogen (secondary N) is 2. The lowest BCUT2D eigenvalue weighted by atomic mass is 9.95. The fourth-order valence-electron chi connectivity index (χ4n) is 2.72. The number of aliphatic hydroxyl groups excluding tert-OH is 1. The highest BCUT2D eigenvalue weighted by molar-refractivity contribution is 7.84. The summed E-state index contributed by atoms with van der Waals surface area (Å²) in [5.74, 6) is -0.613. The molecule has 0 aliphatic carbocycles. The predicted octanol–water partition coefficient (Wildman–Crippen LogP) is 2.24. The number of ether oxygens (including phenoxy) is 3. The van der Waals surface area contributed by atoms with Crippen molar-refractivity contribution in [2.45, 2.75) is 79.0 Å². The van der Waals surface area contributed by atoms with Crippen LogP contribution in [0.5, 0.6) is 0 Å². The highest BCUT2D eigenvalue weighted by atomic mass is 32.2. The smallest absolute Gasteiger partial charge is 0.407 e. The van der Waals surface area contributed by atoms with Gasteiger partial charge in [-0.05, 0) is 54.0 Å². The van der Waals surface area contributed by atoms with Gasteiger partial charge in [-0.25, -0.2) is 4.79 Å². The summed E-state index contributed by atoms with van der Waals surface area (Å²) in [6.07, 6.45) is -2.47. The van der Waals surface area contributed by atoms with Crippen LogP contribution in [0.15, 0.2) is 30.3 Å². The number of benzene rings is 1. The Bertz CT molecular complexity index is 915. The van der Waals surface area contributed by atoms with Gasteiger partial charge in [-0.3, -0.25) is 8.98 Å². The van der Waals surface area contributed by atoms with Crippen molar-refractivity contribution in [2.75, 3.05) is 13.2 Å². The van der Waals surface area contributed by atoms with E-state index < -0.39 is 58.4 Å². The maximum Gasteiger partial charge on any atom is 0.407 e. The van der Waals surface area contributed by atoms with E-state index in [1.807, 2.05) is 6.07 Å². The summed E-state index contributed by atoms with van der Waals surface area (Å²) in [5.41, 5.74) is -1.27. The van der Waals surface area contributed by atoms with Crippen LogP contribution in [0.25, 0.3) is 0 Å². The Morgan fingerprint density at radius 1 is 1.06 bits per heavy atom. The first-order valence-electron chi connectivity index (χ1n) is 11.2. The second kappa shape index (κ2) is 13.2. The van der Waals surface area contributed by atoms with E-state index in [1.54, 1.807) is 52.0 Å². The molecule has 200 valence electrons. The van der Waals surface area contributed by atoms with Crippen molar-refractivity contribution in [3.63, 3.8) is 0 Å². The highest BCUT2D eigenvalue weighted by Crippen LogP contribution is 2.19. The molecule has 1 amide bonds. The zero-order chi connectivity index (χ0) is 26.9. The molecule has 3 N–H and O–H groups in total. The molecule has 0 aliphatic rings. The molecule has 3 atom stereocenters. The Morgan fingerprint density at radius 2 is 1.66 bits per heavy atom. The molecule has 0 aliphatic heterocycles. The summed E-state index contributed by atoms with van der Waals surface area (Å²) < 4.78 is 47.9. The van der Waals surface area contributed by atoms with Gasteiger partial charge in [0.25, 0.3) is 0 Å².